The zero-order valence-corrected chi connectivity index (χ0v) is 18.4. The maximum Gasteiger partial charge on any atom is 0.323 e. The van der Waals surface area contributed by atoms with E-state index in [0.29, 0.717) is 41.5 Å². The average molecular weight is 470 g/mol. The van der Waals surface area contributed by atoms with Crippen LogP contribution in [0.2, 0.25) is 0 Å². The van der Waals surface area contributed by atoms with Crippen LogP contribution in [0.1, 0.15) is 18.4 Å². The first kappa shape index (κ1) is 22.5. The molecule has 1 saturated heterocycles. The first-order valence-electron chi connectivity index (χ1n) is 10.3. The quantitative estimate of drug-likeness (QED) is 0.521. The molecule has 10 nitrogen and oxygen atoms in total. The minimum absolute atomic E-state index is 0.0290. The number of nitrogens with two attached hydrogens (primary N) is 2. The van der Waals surface area contributed by atoms with Gasteiger partial charge in [0.2, 0.25) is 10.0 Å². The number of fused-ring (bicyclic) bond motifs is 1. The van der Waals surface area contributed by atoms with Crippen molar-refractivity contribution >= 4 is 44.5 Å². The summed E-state index contributed by atoms with van der Waals surface area (Å²) in [5.74, 6) is -0.200. The van der Waals surface area contributed by atoms with E-state index in [-0.39, 0.29) is 17.1 Å². The molecule has 1 atom stereocenters. The second-order valence-electron chi connectivity index (χ2n) is 7.89. The van der Waals surface area contributed by atoms with E-state index in [4.69, 9.17) is 10.9 Å². The number of carbonyl (C=O) groups excluding carboxylic acids is 3. The van der Waals surface area contributed by atoms with Crippen LogP contribution in [0.3, 0.4) is 0 Å². The minimum Gasteiger partial charge on any atom is -0.351 e. The molecule has 4 rings (SSSR count). The molecule has 1 aliphatic heterocycles. The molecule has 33 heavy (non-hydrogen) atoms. The molecule has 0 saturated carbocycles. The van der Waals surface area contributed by atoms with E-state index in [1.165, 1.54) is 33.9 Å². The van der Waals surface area contributed by atoms with Crippen molar-refractivity contribution in [1.82, 2.24) is 9.47 Å². The number of ketones is 1. The Bertz CT molecular complexity index is 1360. The van der Waals surface area contributed by atoms with Gasteiger partial charge in [0.15, 0.2) is 5.78 Å². The number of rotatable bonds is 5. The summed E-state index contributed by atoms with van der Waals surface area (Å²) in [5.41, 5.74) is 6.90. The van der Waals surface area contributed by atoms with Crippen molar-refractivity contribution in [3.8, 4) is 0 Å². The van der Waals surface area contributed by atoms with E-state index in [0.717, 1.165) is 0 Å². The SMILES string of the molecule is NC(=O)n1cc(NC(=O)N2CCC[C@H]2C(=O)Cc2cccc(S(N)(=O)=O)c2)c2ccccc21. The molecule has 172 valence electrons. The van der Waals surface area contributed by atoms with Gasteiger partial charge in [-0.2, -0.15) is 0 Å². The topological polar surface area (TPSA) is 158 Å². The number of hydrogen-bond donors (Lipinski definition) is 3. The first-order chi connectivity index (χ1) is 15.6. The molecule has 0 bridgehead atoms. The van der Waals surface area contributed by atoms with Crippen molar-refractivity contribution < 1.29 is 22.8 Å². The van der Waals surface area contributed by atoms with Gasteiger partial charge >= 0.3 is 12.1 Å². The minimum atomic E-state index is -3.88. The molecule has 0 unspecified atom stereocenters. The molecule has 2 aromatic carbocycles. The molecule has 1 aliphatic rings. The fourth-order valence-corrected chi connectivity index (χ4v) is 4.73. The number of primary sulfonamides is 1. The number of para-hydroxylation sites is 1. The number of carbonyl (C=O) groups is 3. The molecule has 5 N–H and O–H groups in total. The fourth-order valence-electron chi connectivity index (χ4n) is 4.14. The Kier molecular flexibility index (Phi) is 5.91. The summed E-state index contributed by atoms with van der Waals surface area (Å²) in [6, 6.07) is 11.1. The number of nitrogens with one attached hydrogen (secondary N) is 1. The van der Waals surface area contributed by atoms with Crippen molar-refractivity contribution in [1.29, 1.82) is 0 Å². The summed E-state index contributed by atoms with van der Waals surface area (Å²) in [6.07, 6.45) is 2.59. The lowest BCUT2D eigenvalue weighted by atomic mass is 10.0. The molecule has 1 aromatic heterocycles. The van der Waals surface area contributed by atoms with Gasteiger partial charge in [0.25, 0.3) is 0 Å². The van der Waals surface area contributed by atoms with Crippen molar-refractivity contribution in [2.75, 3.05) is 11.9 Å². The Balaban J connectivity index is 1.52. The summed E-state index contributed by atoms with van der Waals surface area (Å²) in [4.78, 5) is 39.1. The zero-order valence-electron chi connectivity index (χ0n) is 17.6. The smallest absolute Gasteiger partial charge is 0.323 e. The highest BCUT2D eigenvalue weighted by atomic mass is 32.2. The Morgan fingerprint density at radius 3 is 2.58 bits per heavy atom. The fraction of sp³-hybridized carbons (Fsp3) is 0.227. The van der Waals surface area contributed by atoms with Crippen LogP contribution >= 0.6 is 0 Å². The highest BCUT2D eigenvalue weighted by Crippen LogP contribution is 2.27. The van der Waals surface area contributed by atoms with Crippen molar-refractivity contribution in [3.63, 3.8) is 0 Å². The highest BCUT2D eigenvalue weighted by molar-refractivity contribution is 7.89. The summed E-state index contributed by atoms with van der Waals surface area (Å²) >= 11 is 0. The van der Waals surface area contributed by atoms with Crippen LogP contribution in [0.25, 0.3) is 10.9 Å². The highest BCUT2D eigenvalue weighted by Gasteiger charge is 2.34. The van der Waals surface area contributed by atoms with Gasteiger partial charge in [0.05, 0.1) is 22.1 Å². The van der Waals surface area contributed by atoms with Gasteiger partial charge in [-0.25, -0.2) is 23.1 Å². The number of primary amides is 1. The van der Waals surface area contributed by atoms with Gasteiger partial charge in [0.1, 0.15) is 0 Å². The molecule has 11 heteroatoms. The van der Waals surface area contributed by atoms with Crippen LogP contribution in [0.5, 0.6) is 0 Å². The Hall–Kier alpha value is -3.70. The van der Waals surface area contributed by atoms with Crippen molar-refractivity contribution in [2.24, 2.45) is 10.9 Å². The number of urea groups is 1. The number of benzene rings is 2. The van der Waals surface area contributed by atoms with Crippen LogP contribution in [0, 0.1) is 0 Å². The predicted molar refractivity (Wildman–Crippen MR) is 122 cm³/mol. The van der Waals surface area contributed by atoms with Gasteiger partial charge in [0, 0.05) is 24.5 Å². The number of sulfonamides is 1. The maximum absolute atomic E-state index is 13.0. The van der Waals surface area contributed by atoms with Gasteiger partial charge in [-0.15, -0.1) is 0 Å². The van der Waals surface area contributed by atoms with E-state index < -0.39 is 28.1 Å². The molecule has 0 aliphatic carbocycles. The van der Waals surface area contributed by atoms with Crippen LogP contribution in [-0.4, -0.2) is 48.3 Å². The van der Waals surface area contributed by atoms with E-state index in [9.17, 15) is 22.8 Å². The number of Topliss-reactive ketones (excluding diaryl/α,β-unsaturated/α-hetero) is 1. The number of nitrogens with zero attached hydrogens (tertiary/aromatic N) is 2. The van der Waals surface area contributed by atoms with Crippen LogP contribution in [0.4, 0.5) is 15.3 Å². The lowest BCUT2D eigenvalue weighted by Gasteiger charge is -2.24. The average Bonchev–Trinajstić information content (AvgIpc) is 3.39. The van der Waals surface area contributed by atoms with Gasteiger partial charge in [-0.3, -0.25) is 9.36 Å². The summed E-state index contributed by atoms with van der Waals surface area (Å²) in [5, 5.41) is 8.60. The number of amides is 3. The summed E-state index contributed by atoms with van der Waals surface area (Å²) in [7, 11) is -3.88. The summed E-state index contributed by atoms with van der Waals surface area (Å²) < 4.78 is 24.4. The molecular formula is C22H23N5O5S. The second kappa shape index (κ2) is 8.68. The van der Waals surface area contributed by atoms with Gasteiger partial charge in [-0.05, 0) is 36.6 Å². The molecule has 3 amide bonds. The number of likely N-dealkylation sites (tertiary alicyclic amines) is 1. The second-order valence-corrected chi connectivity index (χ2v) is 9.45. The monoisotopic (exact) mass is 469 g/mol. The standard InChI is InChI=1S/C22H23N5O5S/c23-21(29)27-13-17(16-7-1-2-8-18(16)27)25-22(30)26-10-4-9-19(26)20(28)12-14-5-3-6-15(11-14)33(24,31)32/h1-3,5-8,11,13,19H,4,9-10,12H2,(H2,23,29)(H,25,30)(H2,24,31,32)/t19-/m0/s1. The number of hydrogen-bond acceptors (Lipinski definition) is 5. The largest absolute Gasteiger partial charge is 0.351 e. The van der Waals surface area contributed by atoms with Crippen LogP contribution < -0.4 is 16.2 Å². The number of aromatic nitrogens is 1. The third-order valence-corrected chi connectivity index (χ3v) is 6.59. The summed E-state index contributed by atoms with van der Waals surface area (Å²) in [6.45, 7) is 0.397. The molecule has 1 fully saturated rings. The van der Waals surface area contributed by atoms with E-state index in [1.807, 2.05) is 0 Å². The zero-order chi connectivity index (χ0) is 23.8. The molecule has 0 spiro atoms. The van der Waals surface area contributed by atoms with Gasteiger partial charge in [-0.1, -0.05) is 30.3 Å². The third kappa shape index (κ3) is 4.59. The maximum atomic E-state index is 13.0. The van der Waals surface area contributed by atoms with Crippen LogP contribution in [-0.2, 0) is 21.2 Å². The predicted octanol–water partition coefficient (Wildman–Crippen LogP) is 2.02. The Morgan fingerprint density at radius 2 is 1.85 bits per heavy atom. The van der Waals surface area contributed by atoms with E-state index in [1.54, 1.807) is 30.3 Å². The lowest BCUT2D eigenvalue weighted by molar-refractivity contribution is -0.121. The van der Waals surface area contributed by atoms with Crippen molar-refractivity contribution in [3.05, 3.63) is 60.3 Å². The first-order valence-corrected chi connectivity index (χ1v) is 11.8. The molecule has 2 heterocycles. The van der Waals surface area contributed by atoms with Crippen LogP contribution in [0.15, 0.2) is 59.6 Å². The normalized spacial score (nSPS) is 16.2. The number of anilines is 1. The van der Waals surface area contributed by atoms with E-state index in [2.05, 4.69) is 5.32 Å². The molecule has 0 radical (unpaired) electrons. The van der Waals surface area contributed by atoms with Crippen molar-refractivity contribution in [2.45, 2.75) is 30.2 Å². The van der Waals surface area contributed by atoms with Gasteiger partial charge < -0.3 is 16.0 Å². The van der Waals surface area contributed by atoms with E-state index >= 15 is 0 Å². The third-order valence-electron chi connectivity index (χ3n) is 5.68. The Morgan fingerprint density at radius 1 is 1.09 bits per heavy atom. The molecular weight excluding hydrogens is 446 g/mol. The molecule has 3 aromatic rings. The lowest BCUT2D eigenvalue weighted by Crippen LogP contribution is -2.43. The Labute approximate surface area is 190 Å².